The average Bonchev–Trinajstić information content (AvgIpc) is 3.34. The van der Waals surface area contributed by atoms with Crippen molar-refractivity contribution in [3.05, 3.63) is 53.3 Å². The molecule has 4 rings (SSSR count). The second-order valence-corrected chi connectivity index (χ2v) is 10.2. The van der Waals surface area contributed by atoms with E-state index < -0.39 is 5.54 Å². The second-order valence-electron chi connectivity index (χ2n) is 10.2. The van der Waals surface area contributed by atoms with E-state index >= 15 is 0 Å². The Kier molecular flexibility index (Phi) is 8.60. The van der Waals surface area contributed by atoms with Gasteiger partial charge in [0.1, 0.15) is 11.2 Å². The number of nitrogens with zero attached hydrogens (tertiary/aromatic N) is 5. The third-order valence-corrected chi connectivity index (χ3v) is 7.46. The molecule has 0 bridgehead atoms. The highest BCUT2D eigenvalue weighted by Gasteiger charge is 2.46. The Balaban J connectivity index is 1.29. The van der Waals surface area contributed by atoms with E-state index in [9.17, 15) is 14.4 Å². The van der Waals surface area contributed by atoms with E-state index in [1.165, 1.54) is 22.1 Å². The Morgan fingerprint density at radius 1 is 1.03 bits per heavy atom. The summed E-state index contributed by atoms with van der Waals surface area (Å²) in [6.45, 7) is 11.5. The molecule has 2 aromatic rings. The Hall–Kier alpha value is -3.24. The quantitative estimate of drug-likeness (QED) is 0.467. The molecule has 200 valence electrons. The van der Waals surface area contributed by atoms with Gasteiger partial charge in [0.15, 0.2) is 5.69 Å². The van der Waals surface area contributed by atoms with Crippen LogP contribution in [0.15, 0.2) is 36.4 Å². The van der Waals surface area contributed by atoms with Gasteiger partial charge in [-0.15, -0.1) is 0 Å². The first-order chi connectivity index (χ1) is 17.8. The van der Waals surface area contributed by atoms with Crippen LogP contribution in [0.2, 0.25) is 0 Å². The van der Waals surface area contributed by atoms with Crippen LogP contribution in [0, 0.1) is 0 Å². The average molecular weight is 510 g/mol. The lowest BCUT2D eigenvalue weighted by atomic mass is 9.96. The van der Waals surface area contributed by atoms with Crippen molar-refractivity contribution in [2.75, 3.05) is 52.9 Å². The molecule has 2 aliphatic rings. The number of fused-ring (bicyclic) bond motifs is 1. The van der Waals surface area contributed by atoms with Crippen LogP contribution < -0.4 is 10.6 Å². The Morgan fingerprint density at radius 3 is 2.38 bits per heavy atom. The third kappa shape index (κ3) is 6.19. The zero-order chi connectivity index (χ0) is 26.4. The van der Waals surface area contributed by atoms with Crippen LogP contribution in [0.25, 0.3) is 0 Å². The maximum atomic E-state index is 13.1. The highest BCUT2D eigenvalue weighted by Crippen LogP contribution is 2.26. The standard InChI is InChI=1S/C27H39N7O3/c1-4-12-32-14-16-33(17-15-32)13-8-11-28-24(35)22-18-23-25(36)31(3)27(2,20-34(23)30-22)26(37)29-19-21-9-6-5-7-10-21/h5-7,9-10,18H,4,8,11-17,19-20H2,1-3H3,(H,28,35)(H,29,37). The van der Waals surface area contributed by atoms with Gasteiger partial charge in [0, 0.05) is 52.4 Å². The van der Waals surface area contributed by atoms with Crippen molar-refractivity contribution in [1.29, 1.82) is 0 Å². The fourth-order valence-electron chi connectivity index (χ4n) is 4.95. The molecule has 10 nitrogen and oxygen atoms in total. The number of likely N-dealkylation sites (N-methyl/N-ethyl adjacent to an activating group) is 1. The van der Waals surface area contributed by atoms with Crippen LogP contribution in [-0.2, 0) is 17.9 Å². The number of carbonyl (C=O) groups excluding carboxylic acids is 3. The largest absolute Gasteiger partial charge is 0.351 e. The molecule has 37 heavy (non-hydrogen) atoms. The lowest BCUT2D eigenvalue weighted by Gasteiger charge is -2.40. The second kappa shape index (κ2) is 11.9. The van der Waals surface area contributed by atoms with Crippen molar-refractivity contribution in [2.24, 2.45) is 0 Å². The number of hydrogen-bond donors (Lipinski definition) is 2. The molecule has 1 saturated heterocycles. The van der Waals surface area contributed by atoms with Crippen LogP contribution in [-0.4, -0.2) is 101 Å². The predicted octanol–water partition coefficient (Wildman–Crippen LogP) is 1.19. The maximum absolute atomic E-state index is 13.1. The van der Waals surface area contributed by atoms with Gasteiger partial charge in [0.25, 0.3) is 11.8 Å². The fourth-order valence-corrected chi connectivity index (χ4v) is 4.95. The number of nitrogens with one attached hydrogen (secondary N) is 2. The van der Waals surface area contributed by atoms with Crippen molar-refractivity contribution >= 4 is 17.7 Å². The van der Waals surface area contributed by atoms with Gasteiger partial charge in [-0.1, -0.05) is 37.3 Å². The van der Waals surface area contributed by atoms with Crippen molar-refractivity contribution < 1.29 is 14.4 Å². The van der Waals surface area contributed by atoms with Gasteiger partial charge in [-0.05, 0) is 38.4 Å². The molecule has 1 atom stereocenters. The first-order valence-electron chi connectivity index (χ1n) is 13.2. The minimum absolute atomic E-state index is 0.169. The molecule has 1 aromatic heterocycles. The Labute approximate surface area is 219 Å². The molecule has 0 aliphatic carbocycles. The number of aromatic nitrogens is 2. The third-order valence-electron chi connectivity index (χ3n) is 7.46. The van der Waals surface area contributed by atoms with Gasteiger partial charge in [0.05, 0.1) is 6.54 Å². The first kappa shape index (κ1) is 26.8. The van der Waals surface area contributed by atoms with Crippen molar-refractivity contribution in [3.8, 4) is 0 Å². The van der Waals surface area contributed by atoms with Gasteiger partial charge < -0.3 is 25.3 Å². The monoisotopic (exact) mass is 509 g/mol. The molecule has 0 radical (unpaired) electrons. The minimum atomic E-state index is -1.13. The summed E-state index contributed by atoms with van der Waals surface area (Å²) in [5.41, 5.74) is 0.353. The number of piperazine rings is 1. The number of hydrogen-bond acceptors (Lipinski definition) is 6. The summed E-state index contributed by atoms with van der Waals surface area (Å²) in [5, 5.41) is 10.2. The minimum Gasteiger partial charge on any atom is -0.351 e. The molecule has 1 unspecified atom stereocenters. The smallest absolute Gasteiger partial charge is 0.272 e. The number of rotatable bonds is 10. The molecule has 3 heterocycles. The zero-order valence-corrected chi connectivity index (χ0v) is 22.2. The molecule has 0 saturated carbocycles. The molecule has 10 heteroatoms. The topological polar surface area (TPSA) is 103 Å². The lowest BCUT2D eigenvalue weighted by molar-refractivity contribution is -0.132. The van der Waals surface area contributed by atoms with Crippen LogP contribution in [0.3, 0.4) is 0 Å². The molecule has 0 spiro atoms. The van der Waals surface area contributed by atoms with E-state index in [2.05, 4.69) is 32.5 Å². The normalized spacial score (nSPS) is 20.5. The molecule has 2 aliphatic heterocycles. The predicted molar refractivity (Wildman–Crippen MR) is 141 cm³/mol. The van der Waals surface area contributed by atoms with Gasteiger partial charge in [-0.25, -0.2) is 0 Å². The summed E-state index contributed by atoms with van der Waals surface area (Å²) >= 11 is 0. The maximum Gasteiger partial charge on any atom is 0.272 e. The van der Waals surface area contributed by atoms with Gasteiger partial charge >= 0.3 is 0 Å². The summed E-state index contributed by atoms with van der Waals surface area (Å²) in [6.07, 6.45) is 2.04. The summed E-state index contributed by atoms with van der Waals surface area (Å²) in [6, 6.07) is 11.1. The lowest BCUT2D eigenvalue weighted by Crippen LogP contribution is -2.62. The van der Waals surface area contributed by atoms with Crippen LogP contribution in [0.5, 0.6) is 0 Å². The number of benzene rings is 1. The van der Waals surface area contributed by atoms with Crippen molar-refractivity contribution in [3.63, 3.8) is 0 Å². The molecule has 1 aromatic carbocycles. The van der Waals surface area contributed by atoms with Crippen LogP contribution >= 0.6 is 0 Å². The SMILES string of the molecule is CCCN1CCN(CCCNC(=O)c2cc3n(n2)CC(C)(C(=O)NCc2ccccc2)N(C)C3=O)CC1. The summed E-state index contributed by atoms with van der Waals surface area (Å²) < 4.78 is 1.48. The highest BCUT2D eigenvalue weighted by molar-refractivity contribution is 6.01. The van der Waals surface area contributed by atoms with E-state index in [0.29, 0.717) is 18.8 Å². The zero-order valence-electron chi connectivity index (χ0n) is 22.2. The molecular formula is C27H39N7O3. The molecule has 1 fully saturated rings. The first-order valence-corrected chi connectivity index (χ1v) is 13.2. The highest BCUT2D eigenvalue weighted by atomic mass is 16.2. The number of carbonyl (C=O) groups is 3. The Bertz CT molecular complexity index is 1090. The summed E-state index contributed by atoms with van der Waals surface area (Å²) in [5.74, 6) is -0.910. The van der Waals surface area contributed by atoms with Gasteiger partial charge in [-0.3, -0.25) is 19.1 Å². The van der Waals surface area contributed by atoms with Crippen molar-refractivity contribution in [2.45, 2.75) is 45.3 Å². The van der Waals surface area contributed by atoms with E-state index in [0.717, 1.165) is 51.3 Å². The molecule has 2 N–H and O–H groups in total. The number of amides is 3. The molecule has 3 amide bonds. The summed E-state index contributed by atoms with van der Waals surface area (Å²) in [4.78, 5) is 45.3. The van der Waals surface area contributed by atoms with E-state index in [4.69, 9.17) is 0 Å². The summed E-state index contributed by atoms with van der Waals surface area (Å²) in [7, 11) is 1.61. The van der Waals surface area contributed by atoms with Gasteiger partial charge in [-0.2, -0.15) is 5.10 Å². The Morgan fingerprint density at radius 2 is 1.70 bits per heavy atom. The molecular weight excluding hydrogens is 470 g/mol. The van der Waals surface area contributed by atoms with Crippen molar-refractivity contribution in [1.82, 2.24) is 35.1 Å². The van der Waals surface area contributed by atoms with E-state index in [1.54, 1.807) is 14.0 Å². The van der Waals surface area contributed by atoms with E-state index in [-0.39, 0.29) is 30.0 Å². The van der Waals surface area contributed by atoms with Crippen LogP contribution in [0.1, 0.15) is 53.2 Å². The van der Waals surface area contributed by atoms with E-state index in [1.807, 2.05) is 30.3 Å². The van der Waals surface area contributed by atoms with Gasteiger partial charge in [0.2, 0.25) is 5.91 Å². The van der Waals surface area contributed by atoms with Crippen LogP contribution in [0.4, 0.5) is 0 Å². The fraction of sp³-hybridized carbons (Fsp3) is 0.556.